The number of rotatable bonds is 3. The highest BCUT2D eigenvalue weighted by Gasteiger charge is 2.33. The largest absolute Gasteiger partial charge is 0.0840 e. The van der Waals surface area contributed by atoms with Gasteiger partial charge in [-0.3, -0.25) is 0 Å². The zero-order valence-electron chi connectivity index (χ0n) is 10.1. The summed E-state index contributed by atoms with van der Waals surface area (Å²) < 4.78 is 0. The second-order valence-corrected chi connectivity index (χ2v) is 6.45. The first-order valence-corrected chi connectivity index (χ1v) is 7.20. The number of aryl methyl sites for hydroxylation is 2. The van der Waals surface area contributed by atoms with Crippen molar-refractivity contribution in [2.24, 2.45) is 11.8 Å². The Bertz CT molecular complexity index is 396. The molecule has 1 aromatic carbocycles. The van der Waals surface area contributed by atoms with Crippen LogP contribution in [0.1, 0.15) is 41.3 Å². The molecule has 2 rings (SSSR count). The van der Waals surface area contributed by atoms with Gasteiger partial charge in [0.05, 0.1) is 0 Å². The number of benzene rings is 1. The van der Waals surface area contributed by atoms with Crippen molar-refractivity contribution in [1.82, 2.24) is 0 Å². The van der Waals surface area contributed by atoms with Gasteiger partial charge in [-0.25, -0.2) is 0 Å². The molecule has 0 saturated heterocycles. The summed E-state index contributed by atoms with van der Waals surface area (Å²) in [5.41, 5.74) is 3.88. The summed E-state index contributed by atoms with van der Waals surface area (Å²) in [4.78, 5) is 0.468. The lowest BCUT2D eigenvalue weighted by atomic mass is 9.93. The van der Waals surface area contributed by atoms with Gasteiger partial charge in [0.25, 0.3) is 0 Å². The van der Waals surface area contributed by atoms with E-state index in [2.05, 4.69) is 48.8 Å². The molecular weight excluding hydrogens is 284 g/mol. The van der Waals surface area contributed by atoms with Crippen LogP contribution in [0.2, 0.25) is 5.02 Å². The minimum atomic E-state index is 0.468. The third kappa shape index (κ3) is 2.46. The lowest BCUT2D eigenvalue weighted by Crippen LogP contribution is -2.07. The van der Waals surface area contributed by atoms with Gasteiger partial charge in [0.15, 0.2) is 0 Å². The molecular formula is C14H18BrCl. The molecule has 0 heterocycles. The summed E-state index contributed by atoms with van der Waals surface area (Å²) >= 11 is 9.99. The number of hydrogen-bond acceptors (Lipinski definition) is 0. The minimum absolute atomic E-state index is 0.468. The van der Waals surface area contributed by atoms with E-state index in [1.165, 1.54) is 29.5 Å². The van der Waals surface area contributed by atoms with Gasteiger partial charge < -0.3 is 0 Å². The van der Waals surface area contributed by atoms with E-state index in [-0.39, 0.29) is 0 Å². The molecule has 1 saturated carbocycles. The zero-order valence-corrected chi connectivity index (χ0v) is 12.4. The highest BCUT2D eigenvalue weighted by molar-refractivity contribution is 9.09. The maximum Gasteiger partial charge on any atom is 0.0438 e. The first-order chi connectivity index (χ1) is 7.50. The van der Waals surface area contributed by atoms with Crippen LogP contribution in [0.3, 0.4) is 0 Å². The summed E-state index contributed by atoms with van der Waals surface area (Å²) in [6.07, 6.45) is 2.80. The lowest BCUT2D eigenvalue weighted by Gasteiger charge is -2.21. The number of alkyl halides is 1. The summed E-state index contributed by atoms with van der Waals surface area (Å²) in [7, 11) is 0. The van der Waals surface area contributed by atoms with E-state index in [1.54, 1.807) is 0 Å². The molecule has 1 aromatic rings. The second-order valence-electron chi connectivity index (χ2n) is 5.06. The molecule has 16 heavy (non-hydrogen) atoms. The third-order valence-electron chi connectivity index (χ3n) is 3.67. The molecule has 1 fully saturated rings. The van der Waals surface area contributed by atoms with E-state index in [0.29, 0.717) is 4.83 Å². The Labute approximate surface area is 112 Å². The fraction of sp³-hybridized carbons (Fsp3) is 0.571. The van der Waals surface area contributed by atoms with Crippen molar-refractivity contribution in [3.05, 3.63) is 33.8 Å². The lowest BCUT2D eigenvalue weighted by molar-refractivity contribution is 0.501. The molecule has 0 spiro atoms. The van der Waals surface area contributed by atoms with Crippen LogP contribution in [0, 0.1) is 25.7 Å². The fourth-order valence-corrected chi connectivity index (χ4v) is 3.39. The fourth-order valence-electron chi connectivity index (χ4n) is 2.24. The molecule has 0 aliphatic heterocycles. The van der Waals surface area contributed by atoms with Gasteiger partial charge in [-0.15, -0.1) is 0 Å². The SMILES string of the molecule is Cc1cc(C(Br)C(C)C2CC2)c(C)cc1Cl. The average Bonchev–Trinajstić information content (AvgIpc) is 3.05. The first-order valence-electron chi connectivity index (χ1n) is 5.91. The number of hydrogen-bond donors (Lipinski definition) is 0. The topological polar surface area (TPSA) is 0 Å². The maximum atomic E-state index is 6.13. The Morgan fingerprint density at radius 3 is 2.44 bits per heavy atom. The van der Waals surface area contributed by atoms with E-state index in [9.17, 15) is 0 Å². The van der Waals surface area contributed by atoms with Crippen LogP contribution in [-0.4, -0.2) is 0 Å². The molecule has 0 aromatic heterocycles. The molecule has 2 heteroatoms. The normalized spacial score (nSPS) is 19.6. The van der Waals surface area contributed by atoms with E-state index < -0.39 is 0 Å². The quantitative estimate of drug-likeness (QED) is 0.652. The van der Waals surface area contributed by atoms with Gasteiger partial charge in [-0.1, -0.05) is 40.5 Å². The van der Waals surface area contributed by atoms with Gasteiger partial charge in [0.2, 0.25) is 0 Å². The standard InChI is InChI=1S/C14H18BrCl/c1-8-7-13(16)9(2)6-12(8)14(15)10(3)11-4-5-11/h6-7,10-11,14H,4-5H2,1-3H3. The summed E-state index contributed by atoms with van der Waals surface area (Å²) in [6.45, 7) is 6.57. The molecule has 0 nitrogen and oxygen atoms in total. The third-order valence-corrected chi connectivity index (χ3v) is 5.41. The van der Waals surface area contributed by atoms with Crippen molar-refractivity contribution in [2.45, 2.75) is 38.4 Å². The van der Waals surface area contributed by atoms with Gasteiger partial charge >= 0.3 is 0 Å². The molecule has 2 atom stereocenters. The van der Waals surface area contributed by atoms with Crippen LogP contribution in [0.25, 0.3) is 0 Å². The van der Waals surface area contributed by atoms with Crippen molar-refractivity contribution in [1.29, 1.82) is 0 Å². The van der Waals surface area contributed by atoms with Gasteiger partial charge in [-0.05, 0) is 61.3 Å². The van der Waals surface area contributed by atoms with Crippen LogP contribution in [-0.2, 0) is 0 Å². The Kier molecular flexibility index (Phi) is 3.65. The van der Waals surface area contributed by atoms with E-state index in [1.807, 2.05) is 0 Å². The van der Waals surface area contributed by atoms with Gasteiger partial charge in [0.1, 0.15) is 0 Å². The molecule has 2 unspecified atom stereocenters. The predicted molar refractivity (Wildman–Crippen MR) is 74.5 cm³/mol. The van der Waals surface area contributed by atoms with E-state index in [4.69, 9.17) is 11.6 Å². The summed E-state index contributed by atoms with van der Waals surface area (Å²) in [5, 5.41) is 0.875. The van der Waals surface area contributed by atoms with Crippen LogP contribution in [0.15, 0.2) is 12.1 Å². The average molecular weight is 302 g/mol. The van der Waals surface area contributed by atoms with Crippen LogP contribution in [0.4, 0.5) is 0 Å². The van der Waals surface area contributed by atoms with Crippen LogP contribution < -0.4 is 0 Å². The molecule has 1 aliphatic rings. The molecule has 0 amide bonds. The van der Waals surface area contributed by atoms with Gasteiger partial charge in [-0.2, -0.15) is 0 Å². The Hall–Kier alpha value is -0.0100. The Balaban J connectivity index is 2.28. The highest BCUT2D eigenvalue weighted by Crippen LogP contribution is 2.47. The van der Waals surface area contributed by atoms with Crippen molar-refractivity contribution < 1.29 is 0 Å². The van der Waals surface area contributed by atoms with Crippen LogP contribution >= 0.6 is 27.5 Å². The molecule has 88 valence electrons. The van der Waals surface area contributed by atoms with Crippen LogP contribution in [0.5, 0.6) is 0 Å². The van der Waals surface area contributed by atoms with Gasteiger partial charge in [0, 0.05) is 9.85 Å². The monoisotopic (exact) mass is 300 g/mol. The first kappa shape index (κ1) is 12.4. The van der Waals surface area contributed by atoms with E-state index >= 15 is 0 Å². The molecule has 1 aliphatic carbocycles. The van der Waals surface area contributed by atoms with Crippen molar-refractivity contribution >= 4 is 27.5 Å². The Morgan fingerprint density at radius 2 is 1.88 bits per heavy atom. The van der Waals surface area contributed by atoms with E-state index in [0.717, 1.165) is 16.9 Å². The highest BCUT2D eigenvalue weighted by atomic mass is 79.9. The molecule has 0 radical (unpaired) electrons. The van der Waals surface area contributed by atoms with Crippen molar-refractivity contribution in [3.63, 3.8) is 0 Å². The summed E-state index contributed by atoms with van der Waals surface area (Å²) in [6, 6.07) is 4.32. The summed E-state index contributed by atoms with van der Waals surface area (Å²) in [5.74, 6) is 1.64. The van der Waals surface area contributed by atoms with Crippen molar-refractivity contribution in [3.8, 4) is 0 Å². The molecule has 0 bridgehead atoms. The molecule has 0 N–H and O–H groups in total. The maximum absolute atomic E-state index is 6.13. The number of halogens is 2. The zero-order chi connectivity index (χ0) is 11.9. The Morgan fingerprint density at radius 1 is 1.25 bits per heavy atom. The smallest absolute Gasteiger partial charge is 0.0438 e. The van der Waals surface area contributed by atoms with Crippen molar-refractivity contribution in [2.75, 3.05) is 0 Å². The predicted octanol–water partition coefficient (Wildman–Crippen LogP) is 5.44. The minimum Gasteiger partial charge on any atom is -0.0840 e. The second kappa shape index (κ2) is 4.70.